The second-order valence-electron chi connectivity index (χ2n) is 5.27. The molecular weight excluding hydrogens is 282 g/mol. The van der Waals surface area contributed by atoms with Gasteiger partial charge in [-0.3, -0.25) is 0 Å². The van der Waals surface area contributed by atoms with E-state index in [2.05, 4.69) is 67.5 Å². The van der Waals surface area contributed by atoms with E-state index in [0.717, 1.165) is 18.2 Å². The standard InChI is InChI=1S/C17H25NS2/c1-4-13(3)19-12-15(18-5-2)10-14-11-20-17-9-7-6-8-16(14)17/h6-9,11,13,15,18H,4-5,10,12H2,1-3H3. The summed E-state index contributed by atoms with van der Waals surface area (Å²) in [7, 11) is 0. The third-order valence-electron chi connectivity index (χ3n) is 3.68. The van der Waals surface area contributed by atoms with Gasteiger partial charge in [-0.05, 0) is 41.8 Å². The molecule has 0 amide bonds. The van der Waals surface area contributed by atoms with Crippen LogP contribution in [0.1, 0.15) is 32.8 Å². The maximum atomic E-state index is 3.65. The molecule has 0 aliphatic heterocycles. The van der Waals surface area contributed by atoms with Gasteiger partial charge in [-0.15, -0.1) is 11.3 Å². The molecule has 110 valence electrons. The van der Waals surface area contributed by atoms with Gasteiger partial charge in [0, 0.05) is 21.7 Å². The van der Waals surface area contributed by atoms with Crippen molar-refractivity contribution in [3.63, 3.8) is 0 Å². The van der Waals surface area contributed by atoms with Crippen molar-refractivity contribution in [2.24, 2.45) is 0 Å². The normalized spacial score (nSPS) is 14.6. The molecule has 0 aliphatic rings. The van der Waals surface area contributed by atoms with Gasteiger partial charge in [-0.25, -0.2) is 0 Å². The molecule has 0 bridgehead atoms. The molecule has 0 fully saturated rings. The first-order valence-corrected chi connectivity index (χ1v) is 9.47. The predicted molar refractivity (Wildman–Crippen MR) is 95.2 cm³/mol. The highest BCUT2D eigenvalue weighted by atomic mass is 32.2. The summed E-state index contributed by atoms with van der Waals surface area (Å²) in [5.41, 5.74) is 1.50. The van der Waals surface area contributed by atoms with Crippen LogP contribution in [-0.4, -0.2) is 23.6 Å². The van der Waals surface area contributed by atoms with Crippen molar-refractivity contribution in [2.75, 3.05) is 12.3 Å². The molecule has 1 nitrogen and oxygen atoms in total. The van der Waals surface area contributed by atoms with Crippen molar-refractivity contribution >= 4 is 33.2 Å². The van der Waals surface area contributed by atoms with Gasteiger partial charge in [0.25, 0.3) is 0 Å². The molecule has 2 unspecified atom stereocenters. The number of hydrogen-bond acceptors (Lipinski definition) is 3. The van der Waals surface area contributed by atoms with Crippen LogP contribution in [0.2, 0.25) is 0 Å². The Balaban J connectivity index is 2.03. The molecule has 0 aliphatic carbocycles. The SMILES string of the molecule is CCNC(CSC(C)CC)Cc1csc2ccccc12. The minimum absolute atomic E-state index is 0.581. The fourth-order valence-electron chi connectivity index (χ4n) is 2.33. The van der Waals surface area contributed by atoms with Crippen LogP contribution in [0, 0.1) is 0 Å². The number of thiophene rings is 1. The minimum Gasteiger partial charge on any atom is -0.313 e. The molecule has 1 aromatic carbocycles. The number of likely N-dealkylation sites (N-methyl/N-ethyl adjacent to an activating group) is 1. The lowest BCUT2D eigenvalue weighted by molar-refractivity contribution is 0.574. The number of fused-ring (bicyclic) bond motifs is 1. The van der Waals surface area contributed by atoms with Gasteiger partial charge in [0.2, 0.25) is 0 Å². The Morgan fingerprint density at radius 2 is 2.05 bits per heavy atom. The highest BCUT2D eigenvalue weighted by Gasteiger charge is 2.13. The number of rotatable bonds is 8. The Hall–Kier alpha value is -0.510. The van der Waals surface area contributed by atoms with Crippen molar-refractivity contribution in [1.82, 2.24) is 5.32 Å². The quantitative estimate of drug-likeness (QED) is 0.740. The van der Waals surface area contributed by atoms with Crippen molar-refractivity contribution < 1.29 is 0 Å². The Morgan fingerprint density at radius 1 is 1.25 bits per heavy atom. The molecule has 2 atom stereocenters. The number of nitrogens with one attached hydrogen (secondary N) is 1. The Morgan fingerprint density at radius 3 is 2.80 bits per heavy atom. The van der Waals surface area contributed by atoms with E-state index in [9.17, 15) is 0 Å². The second kappa shape index (κ2) is 8.06. The summed E-state index contributed by atoms with van der Waals surface area (Å²) >= 11 is 3.96. The van der Waals surface area contributed by atoms with Gasteiger partial charge < -0.3 is 5.32 Å². The molecular formula is C17H25NS2. The Bertz CT molecular complexity index is 520. The van der Waals surface area contributed by atoms with Gasteiger partial charge in [-0.1, -0.05) is 39.0 Å². The molecule has 20 heavy (non-hydrogen) atoms. The zero-order chi connectivity index (χ0) is 14.4. The molecule has 0 spiro atoms. The van der Waals surface area contributed by atoms with E-state index in [1.807, 2.05) is 11.3 Å². The lowest BCUT2D eigenvalue weighted by Crippen LogP contribution is -2.33. The Labute approximate surface area is 131 Å². The molecule has 1 heterocycles. The predicted octanol–water partition coefficient (Wildman–Crippen LogP) is 4.95. The van der Waals surface area contributed by atoms with Crippen LogP contribution in [0.3, 0.4) is 0 Å². The van der Waals surface area contributed by atoms with E-state index in [4.69, 9.17) is 0 Å². The van der Waals surface area contributed by atoms with E-state index in [1.165, 1.54) is 27.8 Å². The summed E-state index contributed by atoms with van der Waals surface area (Å²) in [5, 5.41) is 8.18. The number of thioether (sulfide) groups is 1. The van der Waals surface area contributed by atoms with Crippen molar-refractivity contribution in [1.29, 1.82) is 0 Å². The van der Waals surface area contributed by atoms with Gasteiger partial charge in [0.05, 0.1) is 0 Å². The summed E-state index contributed by atoms with van der Waals surface area (Å²) in [6, 6.07) is 9.33. The van der Waals surface area contributed by atoms with E-state index < -0.39 is 0 Å². The summed E-state index contributed by atoms with van der Waals surface area (Å²) in [6.45, 7) is 7.85. The molecule has 1 aromatic heterocycles. The smallest absolute Gasteiger partial charge is 0.0345 e. The van der Waals surface area contributed by atoms with E-state index in [0.29, 0.717) is 6.04 Å². The highest BCUT2D eigenvalue weighted by molar-refractivity contribution is 7.99. The van der Waals surface area contributed by atoms with E-state index in [1.54, 1.807) is 0 Å². The summed E-state index contributed by atoms with van der Waals surface area (Å²) in [6.07, 6.45) is 2.40. The van der Waals surface area contributed by atoms with Crippen LogP contribution in [0.25, 0.3) is 10.1 Å². The maximum absolute atomic E-state index is 3.65. The van der Waals surface area contributed by atoms with Crippen molar-refractivity contribution in [3.05, 3.63) is 35.2 Å². The summed E-state index contributed by atoms with van der Waals surface area (Å²) in [5.74, 6) is 1.20. The zero-order valence-corrected chi connectivity index (χ0v) is 14.3. The van der Waals surface area contributed by atoms with Crippen LogP contribution in [0.5, 0.6) is 0 Å². The molecule has 2 aromatic rings. The Kier molecular flexibility index (Phi) is 6.40. The van der Waals surface area contributed by atoms with Crippen molar-refractivity contribution in [2.45, 2.75) is 44.9 Å². The fourth-order valence-corrected chi connectivity index (χ4v) is 4.34. The van der Waals surface area contributed by atoms with Crippen LogP contribution in [0.15, 0.2) is 29.6 Å². The molecule has 2 rings (SSSR count). The zero-order valence-electron chi connectivity index (χ0n) is 12.7. The van der Waals surface area contributed by atoms with Crippen LogP contribution < -0.4 is 5.32 Å². The van der Waals surface area contributed by atoms with Crippen LogP contribution in [0.4, 0.5) is 0 Å². The number of hydrogen-bond donors (Lipinski definition) is 1. The van der Waals surface area contributed by atoms with Gasteiger partial charge >= 0.3 is 0 Å². The second-order valence-corrected chi connectivity index (χ2v) is 7.65. The summed E-state index contributed by atoms with van der Waals surface area (Å²) < 4.78 is 1.41. The average molecular weight is 308 g/mol. The third kappa shape index (κ3) is 4.24. The highest BCUT2D eigenvalue weighted by Crippen LogP contribution is 2.27. The molecule has 1 N–H and O–H groups in total. The van der Waals surface area contributed by atoms with Gasteiger partial charge in [0.1, 0.15) is 0 Å². The third-order valence-corrected chi connectivity index (χ3v) is 6.19. The fraction of sp³-hybridized carbons (Fsp3) is 0.529. The maximum Gasteiger partial charge on any atom is 0.0345 e. The summed E-state index contributed by atoms with van der Waals surface area (Å²) in [4.78, 5) is 0. The largest absolute Gasteiger partial charge is 0.313 e. The monoisotopic (exact) mass is 307 g/mol. The first-order chi connectivity index (χ1) is 9.74. The molecule has 0 saturated heterocycles. The lowest BCUT2D eigenvalue weighted by Gasteiger charge is -2.19. The number of benzene rings is 1. The van der Waals surface area contributed by atoms with Crippen molar-refractivity contribution in [3.8, 4) is 0 Å². The van der Waals surface area contributed by atoms with Crippen LogP contribution in [-0.2, 0) is 6.42 Å². The minimum atomic E-state index is 0.581. The first-order valence-electron chi connectivity index (χ1n) is 7.54. The van der Waals surface area contributed by atoms with E-state index >= 15 is 0 Å². The molecule has 0 saturated carbocycles. The lowest BCUT2D eigenvalue weighted by atomic mass is 10.1. The van der Waals surface area contributed by atoms with Gasteiger partial charge in [0.15, 0.2) is 0 Å². The van der Waals surface area contributed by atoms with E-state index in [-0.39, 0.29) is 0 Å². The first kappa shape index (κ1) is 15.9. The average Bonchev–Trinajstić information content (AvgIpc) is 2.88. The topological polar surface area (TPSA) is 12.0 Å². The van der Waals surface area contributed by atoms with Crippen LogP contribution >= 0.6 is 23.1 Å². The molecule has 0 radical (unpaired) electrons. The molecule has 3 heteroatoms. The van der Waals surface area contributed by atoms with Gasteiger partial charge in [-0.2, -0.15) is 11.8 Å².